The molecule has 0 saturated heterocycles. The Bertz CT molecular complexity index is 324. The van der Waals surface area contributed by atoms with Gasteiger partial charge < -0.3 is 24.1 Å². The van der Waals surface area contributed by atoms with Gasteiger partial charge in [-0.2, -0.15) is 0 Å². The van der Waals surface area contributed by atoms with E-state index in [1.807, 2.05) is 0 Å². The zero-order valence-corrected chi connectivity index (χ0v) is 10.8. The van der Waals surface area contributed by atoms with Gasteiger partial charge in [-0.1, -0.05) is 13.2 Å². The van der Waals surface area contributed by atoms with Gasteiger partial charge in [-0.25, -0.2) is 9.59 Å². The number of hydrogen-bond acceptors (Lipinski definition) is 7. The van der Waals surface area contributed by atoms with Gasteiger partial charge in [0.15, 0.2) is 0 Å². The average Bonchev–Trinajstić information content (AvgIpc) is 2.38. The van der Waals surface area contributed by atoms with Crippen LogP contribution in [0.15, 0.2) is 24.8 Å². The molecule has 7 heteroatoms. The number of ether oxygens (including phenoxy) is 4. The molecule has 0 amide bonds. The van der Waals surface area contributed by atoms with E-state index in [4.69, 9.17) is 14.2 Å². The third-order valence-electron chi connectivity index (χ3n) is 1.68. The fourth-order valence-corrected chi connectivity index (χ4v) is 0.805. The smallest absolute Gasteiger partial charge is 0.333 e. The third kappa shape index (κ3) is 9.95. The Morgan fingerprint density at radius 1 is 1.16 bits per heavy atom. The van der Waals surface area contributed by atoms with Crippen molar-refractivity contribution in [2.24, 2.45) is 0 Å². The molecule has 0 bridgehead atoms. The Hall–Kier alpha value is -1.70. The third-order valence-corrected chi connectivity index (χ3v) is 1.68. The SMILES string of the molecule is C=CC(=O)OCCOC(O)OCCOC(=O)C(=C)C. The van der Waals surface area contributed by atoms with E-state index in [1.165, 1.54) is 6.92 Å². The Labute approximate surface area is 111 Å². The first-order chi connectivity index (χ1) is 8.97. The summed E-state index contributed by atoms with van der Waals surface area (Å²) in [6, 6.07) is 0. The van der Waals surface area contributed by atoms with Gasteiger partial charge in [0.1, 0.15) is 13.2 Å². The number of hydrogen-bond donors (Lipinski definition) is 1. The van der Waals surface area contributed by atoms with Crippen molar-refractivity contribution in [2.75, 3.05) is 26.4 Å². The van der Waals surface area contributed by atoms with Crippen molar-refractivity contribution in [3.05, 3.63) is 24.8 Å². The quantitative estimate of drug-likeness (QED) is 0.262. The molecule has 0 aliphatic carbocycles. The lowest BCUT2D eigenvalue weighted by Crippen LogP contribution is -2.22. The molecule has 0 aromatic rings. The van der Waals surface area contributed by atoms with Crippen LogP contribution in [-0.4, -0.2) is 49.9 Å². The molecule has 0 aromatic heterocycles. The number of carbonyl (C=O) groups excluding carboxylic acids is 2. The number of aliphatic hydroxyl groups is 1. The topological polar surface area (TPSA) is 91.3 Å². The first kappa shape index (κ1) is 17.3. The Kier molecular flexibility index (Phi) is 9.33. The fourth-order valence-electron chi connectivity index (χ4n) is 0.805. The number of esters is 2. The van der Waals surface area contributed by atoms with Crippen LogP contribution in [0.25, 0.3) is 0 Å². The van der Waals surface area contributed by atoms with Crippen molar-refractivity contribution < 1.29 is 33.6 Å². The molecule has 0 spiro atoms. The Morgan fingerprint density at radius 2 is 1.68 bits per heavy atom. The minimum Gasteiger partial charge on any atom is -0.460 e. The van der Waals surface area contributed by atoms with Gasteiger partial charge in [-0.15, -0.1) is 0 Å². The summed E-state index contributed by atoms with van der Waals surface area (Å²) in [5.74, 6) is -1.11. The summed E-state index contributed by atoms with van der Waals surface area (Å²) >= 11 is 0. The maximum absolute atomic E-state index is 11.0. The highest BCUT2D eigenvalue weighted by atomic mass is 16.8. The molecule has 0 heterocycles. The molecule has 108 valence electrons. The fraction of sp³-hybridized carbons (Fsp3) is 0.500. The standard InChI is InChI=1S/C12H18O7/c1-4-10(13)16-5-7-18-12(15)19-8-6-17-11(14)9(2)3/h4,12,15H,1-2,5-8H2,3H3. The maximum Gasteiger partial charge on any atom is 0.333 e. The molecule has 0 radical (unpaired) electrons. The molecular weight excluding hydrogens is 256 g/mol. The first-order valence-corrected chi connectivity index (χ1v) is 5.50. The minimum atomic E-state index is -1.48. The normalized spacial score (nSPS) is 11.5. The Balaban J connectivity index is 3.47. The molecule has 0 saturated carbocycles. The van der Waals surface area contributed by atoms with Gasteiger partial charge >= 0.3 is 11.9 Å². The summed E-state index contributed by atoms with van der Waals surface area (Å²) in [6.07, 6.45) is 1.02. The van der Waals surface area contributed by atoms with Gasteiger partial charge in [0.2, 0.25) is 0 Å². The van der Waals surface area contributed by atoms with Crippen molar-refractivity contribution in [1.29, 1.82) is 0 Å². The highest BCUT2D eigenvalue weighted by Crippen LogP contribution is 1.94. The van der Waals surface area contributed by atoms with Crippen LogP contribution < -0.4 is 0 Å². The van der Waals surface area contributed by atoms with Crippen LogP contribution in [0.5, 0.6) is 0 Å². The maximum atomic E-state index is 11.0. The van der Waals surface area contributed by atoms with E-state index in [-0.39, 0.29) is 32.0 Å². The van der Waals surface area contributed by atoms with Crippen molar-refractivity contribution in [3.63, 3.8) is 0 Å². The summed E-state index contributed by atoms with van der Waals surface area (Å²) in [6.45, 7) is 6.52. The summed E-state index contributed by atoms with van der Waals surface area (Å²) in [5, 5.41) is 9.18. The molecule has 0 aliphatic rings. The summed E-state index contributed by atoms with van der Waals surface area (Å²) in [4.78, 5) is 21.6. The molecule has 19 heavy (non-hydrogen) atoms. The zero-order valence-electron chi connectivity index (χ0n) is 10.8. The predicted molar refractivity (Wildman–Crippen MR) is 64.8 cm³/mol. The highest BCUT2D eigenvalue weighted by molar-refractivity contribution is 5.86. The van der Waals surface area contributed by atoms with Crippen LogP contribution >= 0.6 is 0 Å². The van der Waals surface area contributed by atoms with Gasteiger partial charge in [0, 0.05) is 11.6 Å². The molecule has 0 fully saturated rings. The van der Waals surface area contributed by atoms with E-state index in [9.17, 15) is 14.7 Å². The minimum absolute atomic E-state index is 0.0302. The van der Waals surface area contributed by atoms with Crippen LogP contribution in [0, 0.1) is 0 Å². The van der Waals surface area contributed by atoms with Crippen LogP contribution in [0.3, 0.4) is 0 Å². The van der Waals surface area contributed by atoms with Crippen molar-refractivity contribution in [1.82, 2.24) is 0 Å². The summed E-state index contributed by atoms with van der Waals surface area (Å²) in [7, 11) is 0. The zero-order chi connectivity index (χ0) is 14.7. The Morgan fingerprint density at radius 3 is 2.16 bits per heavy atom. The number of aliphatic hydroxyl groups excluding tert-OH is 1. The lowest BCUT2D eigenvalue weighted by atomic mass is 10.4. The summed E-state index contributed by atoms with van der Waals surface area (Å²) in [5.41, 5.74) is 0.279. The van der Waals surface area contributed by atoms with Gasteiger partial charge in [0.25, 0.3) is 6.48 Å². The van der Waals surface area contributed by atoms with E-state index < -0.39 is 18.4 Å². The molecule has 0 rings (SSSR count). The molecule has 7 nitrogen and oxygen atoms in total. The van der Waals surface area contributed by atoms with Crippen LogP contribution in [0.1, 0.15) is 6.92 Å². The lowest BCUT2D eigenvalue weighted by Gasteiger charge is -2.12. The van der Waals surface area contributed by atoms with E-state index in [0.717, 1.165) is 6.08 Å². The second-order valence-corrected chi connectivity index (χ2v) is 3.34. The van der Waals surface area contributed by atoms with Gasteiger partial charge in [-0.05, 0) is 6.92 Å². The molecular formula is C12H18O7. The second-order valence-electron chi connectivity index (χ2n) is 3.34. The average molecular weight is 274 g/mol. The van der Waals surface area contributed by atoms with Crippen molar-refractivity contribution in [2.45, 2.75) is 13.4 Å². The largest absolute Gasteiger partial charge is 0.460 e. The second kappa shape index (κ2) is 10.2. The van der Waals surface area contributed by atoms with E-state index in [1.54, 1.807) is 0 Å². The molecule has 1 unspecified atom stereocenters. The first-order valence-electron chi connectivity index (χ1n) is 5.50. The molecule has 1 N–H and O–H groups in total. The van der Waals surface area contributed by atoms with Gasteiger partial charge in [0.05, 0.1) is 13.2 Å². The van der Waals surface area contributed by atoms with Crippen LogP contribution in [0.4, 0.5) is 0 Å². The van der Waals surface area contributed by atoms with E-state index >= 15 is 0 Å². The predicted octanol–water partition coefficient (Wildman–Crippen LogP) is 0.144. The van der Waals surface area contributed by atoms with E-state index in [2.05, 4.69) is 17.9 Å². The number of carbonyl (C=O) groups is 2. The van der Waals surface area contributed by atoms with Crippen molar-refractivity contribution in [3.8, 4) is 0 Å². The van der Waals surface area contributed by atoms with E-state index in [0.29, 0.717) is 0 Å². The highest BCUT2D eigenvalue weighted by Gasteiger charge is 2.06. The van der Waals surface area contributed by atoms with Crippen molar-refractivity contribution >= 4 is 11.9 Å². The number of rotatable bonds is 10. The van der Waals surface area contributed by atoms with Crippen LogP contribution in [0.2, 0.25) is 0 Å². The van der Waals surface area contributed by atoms with Gasteiger partial charge in [-0.3, -0.25) is 0 Å². The lowest BCUT2D eigenvalue weighted by molar-refractivity contribution is -0.268. The van der Waals surface area contributed by atoms with Crippen LogP contribution in [-0.2, 0) is 28.5 Å². The summed E-state index contributed by atoms with van der Waals surface area (Å²) < 4.78 is 18.8. The molecule has 1 atom stereocenters. The molecule has 0 aromatic carbocycles. The monoisotopic (exact) mass is 274 g/mol. The molecule has 0 aliphatic heterocycles.